The lowest BCUT2D eigenvalue weighted by Crippen LogP contribution is -2.31. The van der Waals surface area contributed by atoms with E-state index in [0.29, 0.717) is 28.9 Å². The summed E-state index contributed by atoms with van der Waals surface area (Å²) in [6, 6.07) is 18.8. The Morgan fingerprint density at radius 3 is 2.48 bits per heavy atom. The summed E-state index contributed by atoms with van der Waals surface area (Å²) in [6.07, 6.45) is 1.60. The van der Waals surface area contributed by atoms with Crippen LogP contribution in [0.25, 0.3) is 22.2 Å². The van der Waals surface area contributed by atoms with E-state index in [2.05, 4.69) is 9.97 Å². The summed E-state index contributed by atoms with van der Waals surface area (Å²) in [7, 11) is 1.58. The molecule has 6 nitrogen and oxygen atoms in total. The number of hydrogen-bond donors (Lipinski definition) is 1. The van der Waals surface area contributed by atoms with Crippen molar-refractivity contribution >= 4 is 11.0 Å². The number of ether oxygens (including phenoxy) is 1. The monoisotopic (exact) mass is 359 g/mol. The fourth-order valence-corrected chi connectivity index (χ4v) is 3.21. The number of rotatable bonds is 4. The predicted octanol–water partition coefficient (Wildman–Crippen LogP) is 2.81. The molecule has 0 atom stereocenters. The summed E-state index contributed by atoms with van der Waals surface area (Å²) < 4.78 is 6.91. The van der Waals surface area contributed by atoms with E-state index in [4.69, 9.17) is 4.74 Å². The molecule has 2 aromatic heterocycles. The van der Waals surface area contributed by atoms with Crippen molar-refractivity contribution in [2.24, 2.45) is 0 Å². The number of aromatic nitrogens is 3. The zero-order chi connectivity index (χ0) is 18.8. The van der Waals surface area contributed by atoms with E-state index < -0.39 is 11.2 Å². The van der Waals surface area contributed by atoms with E-state index >= 15 is 0 Å². The molecule has 2 heterocycles. The Labute approximate surface area is 154 Å². The Kier molecular flexibility index (Phi) is 4.30. The molecule has 0 amide bonds. The smallest absolute Gasteiger partial charge is 0.330 e. The molecule has 4 rings (SSSR count). The first-order valence-electron chi connectivity index (χ1n) is 8.48. The number of fused-ring (bicyclic) bond motifs is 1. The number of hydrogen-bond acceptors (Lipinski definition) is 4. The highest BCUT2D eigenvalue weighted by molar-refractivity contribution is 5.93. The molecule has 0 unspecified atom stereocenters. The summed E-state index contributed by atoms with van der Waals surface area (Å²) in [5.41, 5.74) is 1.77. The van der Waals surface area contributed by atoms with Crippen LogP contribution in [0.15, 0.2) is 76.4 Å². The summed E-state index contributed by atoms with van der Waals surface area (Å²) in [5.74, 6) is 0.644. The maximum atomic E-state index is 12.6. The second-order valence-electron chi connectivity index (χ2n) is 6.09. The standard InChI is InChI=1S/C21H17N3O3/c1-27-17-10-6-5-9-15(17)16-11-12-22-19-18(16)20(25)23-21(26)24(19)13-14-7-3-2-4-8-14/h2-12H,13H2,1H3,(H,23,25,26). The number of aromatic amines is 1. The van der Waals surface area contributed by atoms with Crippen molar-refractivity contribution in [3.8, 4) is 16.9 Å². The van der Waals surface area contributed by atoms with Gasteiger partial charge in [0.25, 0.3) is 5.56 Å². The van der Waals surface area contributed by atoms with Crippen molar-refractivity contribution in [3.05, 3.63) is 93.3 Å². The molecule has 134 valence electrons. The van der Waals surface area contributed by atoms with Gasteiger partial charge in [-0.3, -0.25) is 14.3 Å². The van der Waals surface area contributed by atoms with Gasteiger partial charge in [0.15, 0.2) is 0 Å². The van der Waals surface area contributed by atoms with Gasteiger partial charge in [-0.15, -0.1) is 0 Å². The van der Waals surface area contributed by atoms with Gasteiger partial charge in [-0.25, -0.2) is 9.78 Å². The Morgan fingerprint density at radius 1 is 0.963 bits per heavy atom. The quantitative estimate of drug-likeness (QED) is 0.608. The molecule has 0 radical (unpaired) electrons. The van der Waals surface area contributed by atoms with E-state index in [1.54, 1.807) is 19.4 Å². The molecule has 4 aromatic rings. The minimum absolute atomic E-state index is 0.315. The van der Waals surface area contributed by atoms with E-state index in [1.165, 1.54) is 4.57 Å². The van der Waals surface area contributed by atoms with Crippen LogP contribution in [0.2, 0.25) is 0 Å². The van der Waals surface area contributed by atoms with Crippen molar-refractivity contribution < 1.29 is 4.74 Å². The van der Waals surface area contributed by atoms with Gasteiger partial charge in [0.05, 0.1) is 19.0 Å². The van der Waals surface area contributed by atoms with Crippen LogP contribution in [0, 0.1) is 0 Å². The molecular weight excluding hydrogens is 342 g/mol. The van der Waals surface area contributed by atoms with Gasteiger partial charge in [-0.1, -0.05) is 48.5 Å². The highest BCUT2D eigenvalue weighted by Crippen LogP contribution is 2.32. The lowest BCUT2D eigenvalue weighted by molar-refractivity contribution is 0.416. The van der Waals surface area contributed by atoms with Crippen molar-refractivity contribution in [2.45, 2.75) is 6.54 Å². The molecule has 0 bridgehead atoms. The molecule has 0 fully saturated rings. The van der Waals surface area contributed by atoms with Crippen LogP contribution in [0.5, 0.6) is 5.75 Å². The van der Waals surface area contributed by atoms with Crippen LogP contribution < -0.4 is 16.0 Å². The predicted molar refractivity (Wildman–Crippen MR) is 104 cm³/mol. The fourth-order valence-electron chi connectivity index (χ4n) is 3.21. The maximum absolute atomic E-state index is 12.6. The molecule has 0 saturated heterocycles. The van der Waals surface area contributed by atoms with Crippen LogP contribution in [0.1, 0.15) is 5.56 Å². The largest absolute Gasteiger partial charge is 0.496 e. The normalized spacial score (nSPS) is 10.9. The third kappa shape index (κ3) is 3.01. The van der Waals surface area contributed by atoms with E-state index in [-0.39, 0.29) is 0 Å². The minimum atomic E-state index is -0.485. The Balaban J connectivity index is 2.01. The number of para-hydroxylation sites is 1. The number of pyridine rings is 1. The number of methoxy groups -OCH3 is 1. The van der Waals surface area contributed by atoms with Crippen molar-refractivity contribution in [3.63, 3.8) is 0 Å². The third-order valence-corrected chi connectivity index (χ3v) is 4.46. The number of H-pyrrole nitrogens is 1. The van der Waals surface area contributed by atoms with Crippen LogP contribution in [-0.4, -0.2) is 21.6 Å². The molecule has 2 aromatic carbocycles. The summed E-state index contributed by atoms with van der Waals surface area (Å²) in [5, 5.41) is 0.359. The minimum Gasteiger partial charge on any atom is -0.496 e. The first-order chi connectivity index (χ1) is 13.2. The summed E-state index contributed by atoms with van der Waals surface area (Å²) in [4.78, 5) is 31.9. The van der Waals surface area contributed by atoms with Crippen LogP contribution >= 0.6 is 0 Å². The highest BCUT2D eigenvalue weighted by atomic mass is 16.5. The van der Waals surface area contributed by atoms with Crippen molar-refractivity contribution in [1.29, 1.82) is 0 Å². The Hall–Kier alpha value is -3.67. The lowest BCUT2D eigenvalue weighted by Gasteiger charge is -2.13. The second-order valence-corrected chi connectivity index (χ2v) is 6.09. The number of benzene rings is 2. The molecular formula is C21H17N3O3. The number of nitrogens with zero attached hydrogens (tertiary/aromatic N) is 2. The van der Waals surface area contributed by atoms with Gasteiger partial charge in [-0.05, 0) is 17.7 Å². The average Bonchev–Trinajstić information content (AvgIpc) is 2.71. The highest BCUT2D eigenvalue weighted by Gasteiger charge is 2.16. The Bertz CT molecular complexity index is 1230. The fraction of sp³-hybridized carbons (Fsp3) is 0.0952. The molecule has 6 heteroatoms. The zero-order valence-corrected chi connectivity index (χ0v) is 14.7. The topological polar surface area (TPSA) is 77.0 Å². The van der Waals surface area contributed by atoms with Gasteiger partial charge in [-0.2, -0.15) is 0 Å². The van der Waals surface area contributed by atoms with E-state index in [1.807, 2.05) is 54.6 Å². The molecule has 0 saturated carbocycles. The summed E-state index contributed by atoms with van der Waals surface area (Å²) in [6.45, 7) is 0.315. The molecule has 0 aliphatic rings. The van der Waals surface area contributed by atoms with Crippen LogP contribution in [-0.2, 0) is 6.54 Å². The van der Waals surface area contributed by atoms with E-state index in [9.17, 15) is 9.59 Å². The van der Waals surface area contributed by atoms with Crippen LogP contribution in [0.3, 0.4) is 0 Å². The molecule has 0 spiro atoms. The molecule has 1 N–H and O–H groups in total. The zero-order valence-electron chi connectivity index (χ0n) is 14.7. The molecule has 27 heavy (non-hydrogen) atoms. The average molecular weight is 359 g/mol. The van der Waals surface area contributed by atoms with Gasteiger partial charge < -0.3 is 4.74 Å². The van der Waals surface area contributed by atoms with Crippen LogP contribution in [0.4, 0.5) is 0 Å². The van der Waals surface area contributed by atoms with Gasteiger partial charge in [0.2, 0.25) is 0 Å². The first kappa shape index (κ1) is 16.8. The van der Waals surface area contributed by atoms with Gasteiger partial charge in [0.1, 0.15) is 11.4 Å². The molecule has 0 aliphatic carbocycles. The van der Waals surface area contributed by atoms with Gasteiger partial charge in [0, 0.05) is 17.3 Å². The van der Waals surface area contributed by atoms with Crippen molar-refractivity contribution in [2.75, 3.05) is 7.11 Å². The summed E-state index contributed by atoms with van der Waals surface area (Å²) >= 11 is 0. The Morgan fingerprint density at radius 2 is 1.70 bits per heavy atom. The van der Waals surface area contributed by atoms with Gasteiger partial charge >= 0.3 is 5.69 Å². The third-order valence-electron chi connectivity index (χ3n) is 4.46. The SMILES string of the molecule is COc1ccccc1-c1ccnc2c1c(=O)[nH]c(=O)n2Cc1ccccc1. The van der Waals surface area contributed by atoms with Crippen molar-refractivity contribution in [1.82, 2.24) is 14.5 Å². The lowest BCUT2D eigenvalue weighted by atomic mass is 10.0. The first-order valence-corrected chi connectivity index (χ1v) is 8.48. The maximum Gasteiger partial charge on any atom is 0.330 e. The van der Waals surface area contributed by atoms with E-state index in [0.717, 1.165) is 11.1 Å². The molecule has 0 aliphatic heterocycles. The number of nitrogens with one attached hydrogen (secondary N) is 1. The second kappa shape index (κ2) is 6.92.